The summed E-state index contributed by atoms with van der Waals surface area (Å²) in [5.41, 5.74) is 22.7. The zero-order valence-corrected chi connectivity index (χ0v) is 10.5. The maximum absolute atomic E-state index is 5.84. The summed E-state index contributed by atoms with van der Waals surface area (Å²) >= 11 is 0. The molecule has 4 heteroatoms. The van der Waals surface area contributed by atoms with Crippen molar-refractivity contribution >= 4 is 0 Å². The van der Waals surface area contributed by atoms with Crippen LogP contribution in [0.3, 0.4) is 0 Å². The van der Waals surface area contributed by atoms with Crippen molar-refractivity contribution < 1.29 is 0 Å². The summed E-state index contributed by atoms with van der Waals surface area (Å²) in [4.78, 5) is 0. The van der Waals surface area contributed by atoms with E-state index < -0.39 is 0 Å². The van der Waals surface area contributed by atoms with E-state index >= 15 is 0 Å². The molecule has 1 atom stereocenters. The van der Waals surface area contributed by atoms with Crippen molar-refractivity contribution in [2.24, 2.45) is 22.9 Å². The molecule has 0 saturated heterocycles. The molecule has 4 nitrogen and oxygen atoms in total. The highest BCUT2D eigenvalue weighted by molar-refractivity contribution is 5.10. The first-order valence-corrected chi connectivity index (χ1v) is 6.35. The Labute approximate surface area is 99.4 Å². The van der Waals surface area contributed by atoms with Crippen LogP contribution in [0.1, 0.15) is 58.3 Å². The molecule has 0 spiro atoms. The van der Waals surface area contributed by atoms with Crippen molar-refractivity contribution in [3.8, 4) is 0 Å². The fraction of sp³-hybridized carbons (Fsp3) is 0.833. The van der Waals surface area contributed by atoms with E-state index in [4.69, 9.17) is 22.9 Å². The van der Waals surface area contributed by atoms with Crippen molar-refractivity contribution in [2.45, 2.75) is 64.3 Å². The van der Waals surface area contributed by atoms with Gasteiger partial charge in [0.1, 0.15) is 5.82 Å². The lowest BCUT2D eigenvalue weighted by Gasteiger charge is -2.12. The van der Waals surface area contributed by atoms with Gasteiger partial charge in [0.2, 0.25) is 0 Å². The monoisotopic (exact) mass is 228 g/mol. The second kappa shape index (κ2) is 9.33. The van der Waals surface area contributed by atoms with Crippen LogP contribution in [0.4, 0.5) is 0 Å². The summed E-state index contributed by atoms with van der Waals surface area (Å²) in [5, 5.41) is 0. The third-order valence-electron chi connectivity index (χ3n) is 2.85. The molecule has 0 rings (SSSR count). The van der Waals surface area contributed by atoms with Crippen LogP contribution < -0.4 is 22.9 Å². The first kappa shape index (κ1) is 15.1. The molecule has 0 aliphatic heterocycles. The lowest BCUT2D eigenvalue weighted by atomic mass is 10.0. The second-order valence-electron chi connectivity index (χ2n) is 4.43. The fourth-order valence-corrected chi connectivity index (χ4v) is 1.69. The Hall–Kier alpha value is -0.900. The van der Waals surface area contributed by atoms with Crippen molar-refractivity contribution in [1.82, 2.24) is 0 Å². The second-order valence-corrected chi connectivity index (χ2v) is 4.43. The minimum absolute atomic E-state index is 0.162. The van der Waals surface area contributed by atoms with Crippen molar-refractivity contribution in [1.29, 1.82) is 0 Å². The maximum Gasteiger partial charge on any atom is 0.114 e. The Balaban J connectivity index is 3.42. The molecular formula is C12H28N4. The molecule has 0 aliphatic carbocycles. The molecular weight excluding hydrogens is 200 g/mol. The Morgan fingerprint density at radius 2 is 1.38 bits per heavy atom. The van der Waals surface area contributed by atoms with Gasteiger partial charge in [-0.15, -0.1) is 0 Å². The van der Waals surface area contributed by atoms with Crippen LogP contribution in [0, 0.1) is 0 Å². The minimum Gasteiger partial charge on any atom is -0.398 e. The highest BCUT2D eigenvalue weighted by atomic mass is 14.9. The third-order valence-corrected chi connectivity index (χ3v) is 2.85. The van der Waals surface area contributed by atoms with Crippen LogP contribution in [0.2, 0.25) is 0 Å². The van der Waals surface area contributed by atoms with Gasteiger partial charge in [-0.05, 0) is 6.42 Å². The maximum atomic E-state index is 5.84. The summed E-state index contributed by atoms with van der Waals surface area (Å²) in [5.74, 6) is 0.162. The highest BCUT2D eigenvalue weighted by Crippen LogP contribution is 2.10. The van der Waals surface area contributed by atoms with Crippen LogP contribution in [0.25, 0.3) is 0 Å². The van der Waals surface area contributed by atoms with Gasteiger partial charge in [0, 0.05) is 6.04 Å². The Kier molecular flexibility index (Phi) is 8.81. The van der Waals surface area contributed by atoms with Gasteiger partial charge in [-0.25, -0.2) is 0 Å². The van der Waals surface area contributed by atoms with Gasteiger partial charge < -0.3 is 22.9 Å². The molecule has 0 fully saturated rings. The van der Waals surface area contributed by atoms with Gasteiger partial charge in [-0.3, -0.25) is 0 Å². The summed E-state index contributed by atoms with van der Waals surface area (Å²) < 4.78 is 0. The lowest BCUT2D eigenvalue weighted by molar-refractivity contribution is 0.551. The number of nitrogens with two attached hydrogens (primary N) is 4. The molecule has 0 aromatic rings. The fourth-order valence-electron chi connectivity index (χ4n) is 1.69. The molecule has 0 amide bonds. The van der Waals surface area contributed by atoms with Gasteiger partial charge in [-0.1, -0.05) is 51.9 Å². The van der Waals surface area contributed by atoms with Crippen molar-refractivity contribution in [2.75, 3.05) is 0 Å². The predicted molar refractivity (Wildman–Crippen MR) is 70.2 cm³/mol. The molecule has 0 aromatic heterocycles. The first-order valence-electron chi connectivity index (χ1n) is 6.35. The van der Waals surface area contributed by atoms with E-state index in [1.54, 1.807) is 0 Å². The van der Waals surface area contributed by atoms with Crippen molar-refractivity contribution in [3.05, 3.63) is 11.5 Å². The third kappa shape index (κ3) is 7.40. The van der Waals surface area contributed by atoms with Crippen LogP contribution in [0.5, 0.6) is 0 Å². The molecule has 0 saturated carbocycles. The number of unbranched alkanes of at least 4 members (excludes halogenated alkanes) is 6. The molecule has 8 N–H and O–H groups in total. The lowest BCUT2D eigenvalue weighted by Crippen LogP contribution is -2.32. The number of rotatable bonds is 9. The van der Waals surface area contributed by atoms with E-state index in [1.165, 1.54) is 38.5 Å². The van der Waals surface area contributed by atoms with Crippen LogP contribution in [-0.2, 0) is 0 Å². The number of hydrogen-bond acceptors (Lipinski definition) is 4. The standard InChI is InChI=1S/C12H28N4/c1-2-3-4-5-6-7-8-9-10(13)11(14)12(15)16/h10H,2-9,13-16H2,1H3. The molecule has 0 radical (unpaired) electrons. The van der Waals surface area contributed by atoms with Gasteiger partial charge in [0.05, 0.1) is 5.70 Å². The van der Waals surface area contributed by atoms with Gasteiger partial charge in [0.15, 0.2) is 0 Å². The zero-order valence-electron chi connectivity index (χ0n) is 10.5. The zero-order chi connectivity index (χ0) is 12.4. The van der Waals surface area contributed by atoms with Crippen molar-refractivity contribution in [3.63, 3.8) is 0 Å². The molecule has 0 heterocycles. The largest absolute Gasteiger partial charge is 0.398 e. The molecule has 0 aromatic carbocycles. The highest BCUT2D eigenvalue weighted by Gasteiger charge is 2.07. The Morgan fingerprint density at radius 3 is 1.88 bits per heavy atom. The molecule has 0 aliphatic rings. The average Bonchev–Trinajstić information content (AvgIpc) is 2.26. The van der Waals surface area contributed by atoms with E-state index in [2.05, 4.69) is 6.92 Å². The molecule has 96 valence electrons. The number of hydrogen-bond donors (Lipinski definition) is 4. The molecule has 1 unspecified atom stereocenters. The Bertz CT molecular complexity index is 197. The quantitative estimate of drug-likeness (QED) is 0.449. The summed E-state index contributed by atoms with van der Waals surface area (Å²) in [7, 11) is 0. The first-order chi connectivity index (χ1) is 7.59. The SMILES string of the molecule is CCCCCCCCCC(N)C(N)=C(N)N. The summed E-state index contributed by atoms with van der Waals surface area (Å²) in [6.07, 6.45) is 9.79. The van der Waals surface area contributed by atoms with E-state index in [-0.39, 0.29) is 11.9 Å². The van der Waals surface area contributed by atoms with E-state index in [1.807, 2.05) is 0 Å². The molecule has 16 heavy (non-hydrogen) atoms. The summed E-state index contributed by atoms with van der Waals surface area (Å²) in [6.45, 7) is 2.23. The van der Waals surface area contributed by atoms with Gasteiger partial charge in [0.25, 0.3) is 0 Å². The molecule has 0 bridgehead atoms. The van der Waals surface area contributed by atoms with Crippen LogP contribution in [-0.4, -0.2) is 6.04 Å². The Morgan fingerprint density at radius 1 is 0.875 bits per heavy atom. The average molecular weight is 228 g/mol. The van der Waals surface area contributed by atoms with Gasteiger partial charge in [-0.2, -0.15) is 0 Å². The smallest absolute Gasteiger partial charge is 0.114 e. The van der Waals surface area contributed by atoms with E-state index in [9.17, 15) is 0 Å². The van der Waals surface area contributed by atoms with E-state index in [0.29, 0.717) is 5.70 Å². The van der Waals surface area contributed by atoms with Crippen LogP contribution in [0.15, 0.2) is 11.5 Å². The van der Waals surface area contributed by atoms with Crippen LogP contribution >= 0.6 is 0 Å². The van der Waals surface area contributed by atoms with E-state index in [0.717, 1.165) is 12.8 Å². The topological polar surface area (TPSA) is 104 Å². The predicted octanol–water partition coefficient (Wildman–Crippen LogP) is 1.50. The normalized spacial score (nSPS) is 12.4. The van der Waals surface area contributed by atoms with Gasteiger partial charge >= 0.3 is 0 Å². The minimum atomic E-state index is -0.180. The summed E-state index contributed by atoms with van der Waals surface area (Å²) in [6, 6.07) is -0.180.